The minimum atomic E-state index is -0.303. The lowest BCUT2D eigenvalue weighted by Gasteiger charge is -2.43. The molecule has 1 aromatic carbocycles. The number of aryl methyl sites for hydroxylation is 2. The van der Waals surface area contributed by atoms with E-state index in [-0.39, 0.29) is 5.63 Å². The standard InChI is InChI=1S/C26H28N4O2/c1-17-15-30-16-20(13-24(30)18(2)27-17)23-12-19-6-7-22(14-25(19)32-26(23)31)29-10-8-28(9-11-29)21-4-3-5-21/h6-7,12-16,21H,3-5,8-11H2,1-2H3. The second-order valence-corrected chi connectivity index (χ2v) is 9.27. The van der Waals surface area contributed by atoms with E-state index >= 15 is 0 Å². The molecule has 3 aromatic heterocycles. The van der Waals surface area contributed by atoms with Crippen molar-refractivity contribution in [2.75, 3.05) is 31.1 Å². The molecular formula is C26H28N4O2. The van der Waals surface area contributed by atoms with Gasteiger partial charge in [-0.25, -0.2) is 4.79 Å². The summed E-state index contributed by atoms with van der Waals surface area (Å²) in [6.07, 6.45) is 8.05. The van der Waals surface area contributed by atoms with Crippen molar-refractivity contribution in [2.24, 2.45) is 0 Å². The van der Waals surface area contributed by atoms with Crippen molar-refractivity contribution in [3.05, 3.63) is 64.5 Å². The van der Waals surface area contributed by atoms with Gasteiger partial charge in [0.15, 0.2) is 0 Å². The van der Waals surface area contributed by atoms with Crippen molar-refractivity contribution in [3.8, 4) is 11.1 Å². The van der Waals surface area contributed by atoms with E-state index in [2.05, 4.69) is 26.9 Å². The lowest BCUT2D eigenvalue weighted by molar-refractivity contribution is 0.120. The van der Waals surface area contributed by atoms with Crippen molar-refractivity contribution < 1.29 is 4.42 Å². The molecule has 0 amide bonds. The van der Waals surface area contributed by atoms with E-state index in [4.69, 9.17) is 4.42 Å². The maximum Gasteiger partial charge on any atom is 0.344 e. The second-order valence-electron chi connectivity index (χ2n) is 9.27. The van der Waals surface area contributed by atoms with Gasteiger partial charge in [-0.05, 0) is 51.0 Å². The molecular weight excluding hydrogens is 400 g/mol. The van der Waals surface area contributed by atoms with Crippen molar-refractivity contribution in [1.82, 2.24) is 14.3 Å². The molecule has 4 aromatic rings. The van der Waals surface area contributed by atoms with Crippen LogP contribution in [0.15, 0.2) is 51.9 Å². The Balaban J connectivity index is 1.30. The number of hydrogen-bond donors (Lipinski definition) is 0. The maximum absolute atomic E-state index is 12.9. The van der Waals surface area contributed by atoms with Crippen LogP contribution in [-0.2, 0) is 0 Å². The van der Waals surface area contributed by atoms with E-state index in [1.165, 1.54) is 19.3 Å². The number of hydrogen-bond acceptors (Lipinski definition) is 5. The summed E-state index contributed by atoms with van der Waals surface area (Å²) in [4.78, 5) is 22.5. The minimum Gasteiger partial charge on any atom is -0.422 e. The molecule has 1 aliphatic carbocycles. The average molecular weight is 429 g/mol. The Morgan fingerprint density at radius 1 is 1.00 bits per heavy atom. The molecule has 0 N–H and O–H groups in total. The van der Waals surface area contributed by atoms with E-state index in [1.807, 2.05) is 48.8 Å². The monoisotopic (exact) mass is 428 g/mol. The van der Waals surface area contributed by atoms with Gasteiger partial charge in [-0.2, -0.15) is 0 Å². The van der Waals surface area contributed by atoms with Crippen molar-refractivity contribution in [2.45, 2.75) is 39.2 Å². The summed E-state index contributed by atoms with van der Waals surface area (Å²) in [5, 5.41) is 0.942. The number of piperazine rings is 1. The molecule has 2 fully saturated rings. The molecule has 6 rings (SSSR count). The third-order valence-corrected chi connectivity index (χ3v) is 7.19. The molecule has 1 saturated carbocycles. The average Bonchev–Trinajstić information content (AvgIpc) is 3.16. The third kappa shape index (κ3) is 3.30. The largest absolute Gasteiger partial charge is 0.422 e. The first kappa shape index (κ1) is 19.6. The second kappa shape index (κ2) is 7.48. The molecule has 0 bridgehead atoms. The Bertz CT molecular complexity index is 1370. The summed E-state index contributed by atoms with van der Waals surface area (Å²) < 4.78 is 7.83. The Morgan fingerprint density at radius 3 is 2.56 bits per heavy atom. The Hall–Kier alpha value is -3.12. The Labute approximate surface area is 187 Å². The van der Waals surface area contributed by atoms with Gasteiger partial charge < -0.3 is 13.7 Å². The van der Waals surface area contributed by atoms with Gasteiger partial charge >= 0.3 is 5.63 Å². The molecule has 2 aliphatic rings. The van der Waals surface area contributed by atoms with Gasteiger partial charge in [0.05, 0.1) is 22.5 Å². The van der Waals surface area contributed by atoms with Crippen LogP contribution < -0.4 is 10.5 Å². The van der Waals surface area contributed by atoms with Crippen molar-refractivity contribution >= 4 is 22.2 Å². The van der Waals surface area contributed by atoms with E-state index < -0.39 is 0 Å². The highest BCUT2D eigenvalue weighted by atomic mass is 16.4. The number of aromatic nitrogens is 2. The predicted molar refractivity (Wildman–Crippen MR) is 128 cm³/mol. The minimum absolute atomic E-state index is 0.303. The molecule has 1 saturated heterocycles. The molecule has 6 heteroatoms. The van der Waals surface area contributed by atoms with E-state index in [1.54, 1.807) is 0 Å². The maximum atomic E-state index is 12.9. The lowest BCUT2D eigenvalue weighted by Crippen LogP contribution is -2.52. The fourth-order valence-electron chi connectivity index (χ4n) is 5.17. The smallest absolute Gasteiger partial charge is 0.344 e. The van der Waals surface area contributed by atoms with Gasteiger partial charge in [0.25, 0.3) is 0 Å². The number of nitrogens with zero attached hydrogens (tertiary/aromatic N) is 4. The molecule has 6 nitrogen and oxygen atoms in total. The zero-order chi connectivity index (χ0) is 21.8. The zero-order valence-electron chi connectivity index (χ0n) is 18.7. The van der Waals surface area contributed by atoms with Crippen LogP contribution in [0.5, 0.6) is 0 Å². The normalized spacial score (nSPS) is 17.9. The number of anilines is 1. The van der Waals surface area contributed by atoms with E-state index in [9.17, 15) is 4.79 Å². The molecule has 0 unspecified atom stereocenters. The van der Waals surface area contributed by atoms with E-state index in [0.717, 1.165) is 65.8 Å². The van der Waals surface area contributed by atoms with Gasteiger partial charge in [-0.1, -0.05) is 6.42 Å². The Kier molecular flexibility index (Phi) is 4.57. The highest BCUT2D eigenvalue weighted by Gasteiger charge is 2.28. The summed E-state index contributed by atoms with van der Waals surface area (Å²) in [5.74, 6) is 0. The van der Waals surface area contributed by atoms with Crippen molar-refractivity contribution in [1.29, 1.82) is 0 Å². The van der Waals surface area contributed by atoms with Gasteiger partial charge in [0.1, 0.15) is 5.58 Å². The highest BCUT2D eigenvalue weighted by Crippen LogP contribution is 2.29. The molecule has 32 heavy (non-hydrogen) atoms. The molecule has 4 heterocycles. The van der Waals surface area contributed by atoms with Gasteiger partial charge in [-0.3, -0.25) is 9.88 Å². The number of rotatable bonds is 3. The summed E-state index contributed by atoms with van der Waals surface area (Å²) >= 11 is 0. The SMILES string of the molecule is Cc1cn2cc(-c3cc4ccc(N5CCN(C6CCC6)CC5)cc4oc3=O)cc2c(C)n1. The van der Waals surface area contributed by atoms with Gasteiger partial charge in [0, 0.05) is 67.3 Å². The van der Waals surface area contributed by atoms with Crippen LogP contribution in [0.4, 0.5) is 5.69 Å². The quantitative estimate of drug-likeness (QED) is 0.453. The number of fused-ring (bicyclic) bond motifs is 2. The molecule has 0 spiro atoms. The first-order chi connectivity index (χ1) is 15.5. The van der Waals surface area contributed by atoms with E-state index in [0.29, 0.717) is 11.1 Å². The Morgan fingerprint density at radius 2 is 1.81 bits per heavy atom. The first-order valence-electron chi connectivity index (χ1n) is 11.6. The molecule has 0 atom stereocenters. The van der Waals surface area contributed by atoms with Crippen LogP contribution in [0.3, 0.4) is 0 Å². The predicted octanol–water partition coefficient (Wildman–Crippen LogP) is 4.40. The molecule has 164 valence electrons. The van der Waals surface area contributed by atoms with Crippen LogP contribution in [0.2, 0.25) is 0 Å². The van der Waals surface area contributed by atoms with Crippen LogP contribution in [0, 0.1) is 13.8 Å². The number of benzene rings is 1. The van der Waals surface area contributed by atoms with Crippen molar-refractivity contribution in [3.63, 3.8) is 0 Å². The van der Waals surface area contributed by atoms with Gasteiger partial charge in [0.2, 0.25) is 0 Å². The van der Waals surface area contributed by atoms with Crippen LogP contribution in [-0.4, -0.2) is 46.5 Å². The van der Waals surface area contributed by atoms with Crippen LogP contribution >= 0.6 is 0 Å². The van der Waals surface area contributed by atoms with Gasteiger partial charge in [-0.15, -0.1) is 0 Å². The highest BCUT2D eigenvalue weighted by molar-refractivity contribution is 5.85. The molecule has 0 radical (unpaired) electrons. The third-order valence-electron chi connectivity index (χ3n) is 7.19. The summed E-state index contributed by atoms with van der Waals surface area (Å²) in [6.45, 7) is 8.23. The summed E-state index contributed by atoms with van der Waals surface area (Å²) in [6, 6.07) is 11.0. The first-order valence-corrected chi connectivity index (χ1v) is 11.6. The van der Waals surface area contributed by atoms with Crippen LogP contribution in [0.25, 0.3) is 27.6 Å². The summed E-state index contributed by atoms with van der Waals surface area (Å²) in [7, 11) is 0. The fourth-order valence-corrected chi connectivity index (χ4v) is 5.17. The lowest BCUT2D eigenvalue weighted by atomic mass is 9.91. The molecule has 1 aliphatic heterocycles. The fraction of sp³-hybridized carbons (Fsp3) is 0.385. The van der Waals surface area contributed by atoms with Crippen LogP contribution in [0.1, 0.15) is 30.7 Å². The topological polar surface area (TPSA) is 54.0 Å². The summed E-state index contributed by atoms with van der Waals surface area (Å²) in [5.41, 5.74) is 5.81. The zero-order valence-corrected chi connectivity index (χ0v) is 18.7.